The van der Waals surface area contributed by atoms with Gasteiger partial charge < -0.3 is 10.1 Å². The summed E-state index contributed by atoms with van der Waals surface area (Å²) >= 11 is 2.21. The zero-order valence-corrected chi connectivity index (χ0v) is 10.6. The number of anilines is 1. The molecular formula is C10H14IN3O. The molecule has 0 amide bonds. The summed E-state index contributed by atoms with van der Waals surface area (Å²) in [5.41, 5.74) is 0. The second-order valence-electron chi connectivity index (χ2n) is 3.66. The topological polar surface area (TPSA) is 47.0 Å². The van der Waals surface area contributed by atoms with E-state index in [1.165, 1.54) is 12.8 Å². The number of nitrogens with one attached hydrogen (secondary N) is 1. The normalized spacial score (nSPS) is 15.3. The Kier molecular flexibility index (Phi) is 4.13. The molecule has 0 aromatic carbocycles. The van der Waals surface area contributed by atoms with Gasteiger partial charge in [-0.25, -0.2) is 9.97 Å². The second kappa shape index (κ2) is 5.60. The number of ether oxygens (including phenoxy) is 1. The summed E-state index contributed by atoms with van der Waals surface area (Å²) in [6, 6.07) is 0. The Morgan fingerprint density at radius 1 is 1.53 bits per heavy atom. The van der Waals surface area contributed by atoms with Crippen LogP contribution in [-0.2, 0) is 4.74 Å². The molecule has 82 valence electrons. The van der Waals surface area contributed by atoms with E-state index < -0.39 is 0 Å². The summed E-state index contributed by atoms with van der Waals surface area (Å²) in [7, 11) is 0. The highest BCUT2D eigenvalue weighted by Crippen LogP contribution is 2.28. The summed E-state index contributed by atoms with van der Waals surface area (Å²) < 4.78 is 6.55. The van der Waals surface area contributed by atoms with Crippen molar-refractivity contribution in [3.8, 4) is 0 Å². The van der Waals surface area contributed by atoms with Crippen molar-refractivity contribution in [2.45, 2.75) is 12.8 Å². The van der Waals surface area contributed by atoms with Gasteiger partial charge in [-0.2, -0.15) is 0 Å². The molecule has 1 heterocycles. The molecule has 0 atom stereocenters. The molecule has 1 aliphatic rings. The maximum absolute atomic E-state index is 5.51. The van der Waals surface area contributed by atoms with Crippen LogP contribution in [0.2, 0.25) is 0 Å². The fourth-order valence-corrected chi connectivity index (χ4v) is 1.71. The van der Waals surface area contributed by atoms with Gasteiger partial charge in [0.05, 0.1) is 10.2 Å². The zero-order chi connectivity index (χ0) is 10.5. The number of rotatable bonds is 6. The van der Waals surface area contributed by atoms with E-state index in [9.17, 15) is 0 Å². The highest BCUT2D eigenvalue weighted by molar-refractivity contribution is 14.1. The van der Waals surface area contributed by atoms with Gasteiger partial charge in [0.15, 0.2) is 0 Å². The van der Waals surface area contributed by atoms with E-state index in [1.54, 1.807) is 12.5 Å². The monoisotopic (exact) mass is 319 g/mol. The minimum atomic E-state index is 0.747. The molecule has 1 aromatic rings. The van der Waals surface area contributed by atoms with E-state index in [1.807, 2.05) is 0 Å². The molecule has 0 unspecified atom stereocenters. The lowest BCUT2D eigenvalue weighted by Gasteiger charge is -2.07. The summed E-state index contributed by atoms with van der Waals surface area (Å²) in [6.45, 7) is 2.47. The largest absolute Gasteiger partial charge is 0.379 e. The Morgan fingerprint density at radius 3 is 3.13 bits per heavy atom. The van der Waals surface area contributed by atoms with E-state index in [2.05, 4.69) is 37.9 Å². The molecule has 1 N–H and O–H groups in total. The van der Waals surface area contributed by atoms with E-state index in [-0.39, 0.29) is 0 Å². The van der Waals surface area contributed by atoms with Crippen LogP contribution < -0.4 is 5.32 Å². The third-order valence-corrected chi connectivity index (χ3v) is 3.05. The molecule has 2 rings (SSSR count). The van der Waals surface area contributed by atoms with Crippen LogP contribution in [0.4, 0.5) is 5.82 Å². The van der Waals surface area contributed by atoms with Gasteiger partial charge >= 0.3 is 0 Å². The standard InChI is InChI=1S/C10H14IN3O/c11-9-5-12-7-14-10(9)13-3-4-15-6-8-1-2-8/h5,7-8H,1-4,6H2,(H,12,13,14). The first-order valence-electron chi connectivity index (χ1n) is 5.13. The maximum Gasteiger partial charge on any atom is 0.142 e. The first kappa shape index (κ1) is 11.1. The summed E-state index contributed by atoms with van der Waals surface area (Å²) in [6.07, 6.45) is 6.03. The van der Waals surface area contributed by atoms with Crippen LogP contribution in [0.25, 0.3) is 0 Å². The molecule has 1 saturated carbocycles. The summed E-state index contributed by atoms with van der Waals surface area (Å²) in [5, 5.41) is 3.22. The van der Waals surface area contributed by atoms with Crippen LogP contribution in [-0.4, -0.2) is 29.7 Å². The van der Waals surface area contributed by atoms with Gasteiger partial charge in [0.1, 0.15) is 12.1 Å². The lowest BCUT2D eigenvalue weighted by Crippen LogP contribution is -2.12. The molecule has 5 heteroatoms. The van der Waals surface area contributed by atoms with Gasteiger partial charge in [-0.1, -0.05) is 0 Å². The van der Waals surface area contributed by atoms with Crippen molar-refractivity contribution in [3.63, 3.8) is 0 Å². The fraction of sp³-hybridized carbons (Fsp3) is 0.600. The quantitative estimate of drug-likeness (QED) is 0.643. The predicted octanol–water partition coefficient (Wildman–Crippen LogP) is 1.92. The molecule has 0 bridgehead atoms. The van der Waals surface area contributed by atoms with Gasteiger partial charge in [-0.05, 0) is 41.4 Å². The first-order valence-corrected chi connectivity index (χ1v) is 6.21. The Hall–Kier alpha value is -0.430. The van der Waals surface area contributed by atoms with Crippen LogP contribution in [0.15, 0.2) is 12.5 Å². The minimum absolute atomic E-state index is 0.747. The Morgan fingerprint density at radius 2 is 2.40 bits per heavy atom. The fourth-order valence-electron chi connectivity index (χ4n) is 1.22. The van der Waals surface area contributed by atoms with Crippen LogP contribution >= 0.6 is 22.6 Å². The Labute approximate surface area is 103 Å². The van der Waals surface area contributed by atoms with Crippen molar-refractivity contribution < 1.29 is 4.74 Å². The van der Waals surface area contributed by atoms with Gasteiger partial charge in [-0.15, -0.1) is 0 Å². The highest BCUT2D eigenvalue weighted by atomic mass is 127. The third kappa shape index (κ3) is 3.90. The third-order valence-electron chi connectivity index (χ3n) is 2.26. The maximum atomic E-state index is 5.51. The zero-order valence-electron chi connectivity index (χ0n) is 8.45. The lowest BCUT2D eigenvalue weighted by molar-refractivity contribution is 0.134. The minimum Gasteiger partial charge on any atom is -0.379 e. The highest BCUT2D eigenvalue weighted by Gasteiger charge is 2.20. The van der Waals surface area contributed by atoms with E-state index in [0.29, 0.717) is 0 Å². The van der Waals surface area contributed by atoms with Gasteiger partial charge in [0.2, 0.25) is 0 Å². The van der Waals surface area contributed by atoms with Crippen molar-refractivity contribution in [2.24, 2.45) is 5.92 Å². The van der Waals surface area contributed by atoms with Crippen molar-refractivity contribution in [3.05, 3.63) is 16.1 Å². The molecule has 1 fully saturated rings. The van der Waals surface area contributed by atoms with E-state index >= 15 is 0 Å². The van der Waals surface area contributed by atoms with Gasteiger partial charge in [-0.3, -0.25) is 0 Å². The number of hydrogen-bond donors (Lipinski definition) is 1. The molecule has 15 heavy (non-hydrogen) atoms. The molecule has 0 radical (unpaired) electrons. The van der Waals surface area contributed by atoms with Crippen LogP contribution in [0.3, 0.4) is 0 Å². The number of halogens is 1. The SMILES string of the molecule is Ic1cncnc1NCCOCC1CC1. The average Bonchev–Trinajstić information content (AvgIpc) is 3.04. The molecule has 0 spiro atoms. The summed E-state index contributed by atoms with van der Waals surface area (Å²) in [4.78, 5) is 8.07. The molecule has 0 saturated heterocycles. The molecular weight excluding hydrogens is 305 g/mol. The van der Waals surface area contributed by atoms with Crippen LogP contribution in [0, 0.1) is 9.49 Å². The van der Waals surface area contributed by atoms with Crippen molar-refractivity contribution in [2.75, 3.05) is 25.1 Å². The van der Waals surface area contributed by atoms with Gasteiger partial charge in [0, 0.05) is 19.3 Å². The van der Waals surface area contributed by atoms with Crippen molar-refractivity contribution in [1.82, 2.24) is 9.97 Å². The van der Waals surface area contributed by atoms with Crippen molar-refractivity contribution in [1.29, 1.82) is 0 Å². The number of nitrogens with zero attached hydrogens (tertiary/aromatic N) is 2. The molecule has 0 aliphatic heterocycles. The van der Waals surface area contributed by atoms with E-state index in [4.69, 9.17) is 4.74 Å². The molecule has 1 aromatic heterocycles. The molecule has 4 nitrogen and oxygen atoms in total. The average molecular weight is 319 g/mol. The van der Waals surface area contributed by atoms with Crippen LogP contribution in [0.5, 0.6) is 0 Å². The smallest absolute Gasteiger partial charge is 0.142 e. The first-order chi connectivity index (χ1) is 7.36. The number of aromatic nitrogens is 2. The Bertz CT molecular complexity index is 317. The van der Waals surface area contributed by atoms with Crippen molar-refractivity contribution >= 4 is 28.4 Å². The van der Waals surface area contributed by atoms with Gasteiger partial charge in [0.25, 0.3) is 0 Å². The van der Waals surface area contributed by atoms with Crippen LogP contribution in [0.1, 0.15) is 12.8 Å². The Balaban J connectivity index is 1.62. The lowest BCUT2D eigenvalue weighted by atomic mass is 10.5. The predicted molar refractivity (Wildman–Crippen MR) is 66.8 cm³/mol. The molecule has 1 aliphatic carbocycles. The number of hydrogen-bond acceptors (Lipinski definition) is 4. The van der Waals surface area contributed by atoms with E-state index in [0.717, 1.165) is 35.1 Å². The summed E-state index contributed by atoms with van der Waals surface area (Å²) in [5.74, 6) is 1.73. The second-order valence-corrected chi connectivity index (χ2v) is 4.83.